The van der Waals surface area contributed by atoms with Crippen LogP contribution in [0.3, 0.4) is 0 Å². The van der Waals surface area contributed by atoms with Crippen LogP contribution in [0.25, 0.3) is 21.7 Å². The molecule has 0 spiro atoms. The third-order valence-corrected chi connectivity index (χ3v) is 14.8. The van der Waals surface area contributed by atoms with Gasteiger partial charge in [-0.3, -0.25) is 24.1 Å². The molecule has 3 saturated heterocycles. The summed E-state index contributed by atoms with van der Waals surface area (Å²) in [6, 6.07) is 22.8. The molecule has 3 aromatic carbocycles. The predicted octanol–water partition coefficient (Wildman–Crippen LogP) is 6.10. The minimum Gasteiger partial charge on any atom is -0.507 e. The average Bonchev–Trinajstić information content (AvgIpc) is 3.97. The molecule has 3 fully saturated rings. The van der Waals surface area contributed by atoms with E-state index in [0.717, 1.165) is 58.3 Å². The van der Waals surface area contributed by atoms with E-state index in [0.29, 0.717) is 68.9 Å². The lowest BCUT2D eigenvalue weighted by molar-refractivity contribution is -0.144. The van der Waals surface area contributed by atoms with Gasteiger partial charge in [0.05, 0.1) is 52.7 Å². The van der Waals surface area contributed by atoms with Crippen LogP contribution in [0.15, 0.2) is 84.4 Å². The van der Waals surface area contributed by atoms with Crippen molar-refractivity contribution in [2.75, 3.05) is 56.4 Å². The molecule has 0 aliphatic carbocycles. The number of aryl methyl sites for hydroxylation is 1. The lowest BCUT2D eigenvalue weighted by atomic mass is 9.85. The van der Waals surface area contributed by atoms with Gasteiger partial charge in [0.2, 0.25) is 23.6 Å². The zero-order valence-electron chi connectivity index (χ0n) is 41.9. The fourth-order valence-electron chi connectivity index (χ4n) is 9.64. The molecule has 0 bridgehead atoms. The fourth-order valence-corrected chi connectivity index (χ4v) is 10.5. The van der Waals surface area contributed by atoms with Gasteiger partial charge < -0.3 is 46.0 Å². The fraction of sp³-hybridized carbons (Fsp3) is 0.463. The number of unbranched alkanes of at least 4 members (excludes halogenated alkanes) is 2. The molecule has 0 radical (unpaired) electrons. The van der Waals surface area contributed by atoms with Crippen LogP contribution in [-0.2, 0) is 25.7 Å². The molecule has 4 amide bonds. The summed E-state index contributed by atoms with van der Waals surface area (Å²) in [6.07, 6.45) is 1.72. The Balaban J connectivity index is 0.727. The maximum absolute atomic E-state index is 14.1. The third-order valence-electron chi connectivity index (χ3n) is 13.9. The average molecular weight is 1000 g/mol. The minimum atomic E-state index is -0.909. The number of phenolic OH excluding ortho intramolecular Hbond substituents is 1. The Labute approximate surface area is 425 Å². The number of ether oxygens (including phenoxy) is 1. The van der Waals surface area contributed by atoms with Crippen LogP contribution in [0.5, 0.6) is 11.5 Å². The van der Waals surface area contributed by atoms with Crippen molar-refractivity contribution in [1.29, 1.82) is 0 Å². The number of aromatic hydroxyl groups is 1. The van der Waals surface area contributed by atoms with Crippen LogP contribution >= 0.6 is 11.3 Å². The van der Waals surface area contributed by atoms with Gasteiger partial charge in [0.25, 0.3) is 0 Å². The highest BCUT2D eigenvalue weighted by atomic mass is 32.1. The van der Waals surface area contributed by atoms with Gasteiger partial charge in [-0.25, -0.2) is 4.98 Å². The molecule has 17 nitrogen and oxygen atoms in total. The number of β-amino-alcohol motifs (C(OH)–C–C–N with tert-alkyl or cyclic N) is 1. The summed E-state index contributed by atoms with van der Waals surface area (Å²) in [4.78, 5) is 67.6. The number of thiazole rings is 1. The van der Waals surface area contributed by atoms with E-state index in [1.165, 1.54) is 4.90 Å². The molecule has 0 saturated carbocycles. The second kappa shape index (κ2) is 22.8. The number of hydrogen-bond donors (Lipinski definition) is 5. The number of piperazine rings is 1. The molecule has 382 valence electrons. The van der Waals surface area contributed by atoms with Crippen molar-refractivity contribution in [3.05, 3.63) is 101 Å². The highest BCUT2D eigenvalue weighted by molar-refractivity contribution is 7.13. The lowest BCUT2D eigenvalue weighted by Gasteiger charge is -2.41. The zero-order valence-corrected chi connectivity index (χ0v) is 42.7. The number of aliphatic hydroxyl groups is 1. The van der Waals surface area contributed by atoms with Crippen LogP contribution in [0, 0.1) is 12.3 Å². The van der Waals surface area contributed by atoms with E-state index in [4.69, 9.17) is 10.5 Å². The third kappa shape index (κ3) is 12.7. The Morgan fingerprint density at radius 1 is 0.889 bits per heavy atom. The highest BCUT2D eigenvalue weighted by Gasteiger charge is 2.45. The second-order valence-electron chi connectivity index (χ2n) is 20.4. The first-order valence-electron chi connectivity index (χ1n) is 25.0. The van der Waals surface area contributed by atoms with Crippen molar-refractivity contribution in [2.24, 2.45) is 5.41 Å². The number of para-hydroxylation sites is 1. The Kier molecular flexibility index (Phi) is 16.4. The van der Waals surface area contributed by atoms with Crippen molar-refractivity contribution in [3.63, 3.8) is 0 Å². The molecule has 3 aliphatic rings. The van der Waals surface area contributed by atoms with Gasteiger partial charge in [0.1, 0.15) is 29.7 Å². The Morgan fingerprint density at radius 2 is 1.62 bits per heavy atom. The summed E-state index contributed by atoms with van der Waals surface area (Å²) in [5, 5.41) is 35.3. The summed E-state index contributed by atoms with van der Waals surface area (Å²) >= 11 is 1.58. The van der Waals surface area contributed by atoms with Crippen molar-refractivity contribution < 1.29 is 34.1 Å². The molecule has 72 heavy (non-hydrogen) atoms. The smallest absolute Gasteiger partial charge is 0.246 e. The number of nitrogens with zero attached hydrogens (tertiary/aromatic N) is 7. The van der Waals surface area contributed by atoms with E-state index >= 15 is 0 Å². The minimum absolute atomic E-state index is 0.000156. The maximum Gasteiger partial charge on any atom is 0.246 e. The molecule has 8 rings (SSSR count). The van der Waals surface area contributed by atoms with Gasteiger partial charge in [-0.05, 0) is 79.1 Å². The molecule has 18 heteroatoms. The van der Waals surface area contributed by atoms with Crippen molar-refractivity contribution in [1.82, 2.24) is 40.5 Å². The molecular formula is C54H68N10O7S. The summed E-state index contributed by atoms with van der Waals surface area (Å²) in [6.45, 7) is 14.3. The number of hydrogen-bond acceptors (Lipinski definition) is 14. The van der Waals surface area contributed by atoms with Gasteiger partial charge in [-0.15, -0.1) is 21.5 Å². The van der Waals surface area contributed by atoms with Crippen LogP contribution in [-0.4, -0.2) is 134 Å². The number of nitrogens with two attached hydrogens (primary N) is 1. The molecule has 0 unspecified atom stereocenters. The van der Waals surface area contributed by atoms with Crippen molar-refractivity contribution in [2.45, 2.75) is 110 Å². The van der Waals surface area contributed by atoms with E-state index < -0.39 is 29.5 Å². The number of carbonyl (C=O) groups excluding carboxylic acids is 4. The first kappa shape index (κ1) is 51.7. The number of nitrogen functional groups attached to an aromatic ring is 1. The number of phenols is 1. The van der Waals surface area contributed by atoms with Crippen LogP contribution in [0.1, 0.15) is 89.1 Å². The quantitative estimate of drug-likeness (QED) is 0.0628. The number of likely N-dealkylation sites (tertiary alicyclic amines) is 1. The van der Waals surface area contributed by atoms with Gasteiger partial charge >= 0.3 is 0 Å². The largest absolute Gasteiger partial charge is 0.507 e. The Hall–Kier alpha value is -6.63. The monoisotopic (exact) mass is 1000 g/mol. The first-order chi connectivity index (χ1) is 34.5. The normalized spacial score (nSPS) is 18.3. The number of rotatable bonds is 18. The van der Waals surface area contributed by atoms with Crippen molar-refractivity contribution in [3.8, 4) is 33.2 Å². The van der Waals surface area contributed by atoms with E-state index in [1.807, 2.05) is 93.6 Å². The van der Waals surface area contributed by atoms with Crippen molar-refractivity contribution >= 4 is 46.5 Å². The van der Waals surface area contributed by atoms with E-state index in [9.17, 15) is 29.4 Å². The van der Waals surface area contributed by atoms with Gasteiger partial charge in [0.15, 0.2) is 5.82 Å². The number of amides is 4. The van der Waals surface area contributed by atoms with E-state index in [2.05, 4.69) is 47.7 Å². The van der Waals surface area contributed by atoms with Crippen LogP contribution in [0.4, 0.5) is 11.5 Å². The number of benzene rings is 3. The standard InChI is InChI=1S/C54H68N10O7S/c1-34(37-18-20-38(21-19-37)49-35(2)56-33-72-49)57-52(69)45-27-39(65)30-64(45)53(70)50(54(3,4)5)58-47(67)16-7-6-8-17-48(68)62-24-22-61(23-25-62)29-36-12-11-13-40(26-36)71-41-31-63(32-41)44-28-43(59-60-51(44)55)42-14-9-10-15-46(42)66/h9-15,18-21,26,28,33-34,39,41,45,50,65-66H,6-8,16-17,22-25,27,29-32H2,1-5H3,(H2,55,60)(H,57,69)(H,58,67)/t34-,39+,45-,50+/m0/s1. The number of nitrogens with one attached hydrogen (secondary N) is 2. The molecule has 6 N–H and O–H groups in total. The van der Waals surface area contributed by atoms with Gasteiger partial charge in [-0.2, -0.15) is 0 Å². The highest BCUT2D eigenvalue weighted by Crippen LogP contribution is 2.35. The number of carbonyl (C=O) groups is 4. The van der Waals surface area contributed by atoms with E-state index in [-0.39, 0.29) is 55.0 Å². The van der Waals surface area contributed by atoms with Gasteiger partial charge in [-0.1, -0.05) is 75.7 Å². The molecular weight excluding hydrogens is 933 g/mol. The molecule has 2 aromatic heterocycles. The Bertz CT molecular complexity index is 2700. The second-order valence-corrected chi connectivity index (χ2v) is 21.3. The lowest BCUT2D eigenvalue weighted by Crippen LogP contribution is -2.57. The molecule has 3 aliphatic heterocycles. The number of aliphatic hydroxyl groups excluding tert-OH is 1. The molecule has 4 atom stereocenters. The zero-order chi connectivity index (χ0) is 51.1. The maximum atomic E-state index is 14.1. The Morgan fingerprint density at radius 3 is 2.33 bits per heavy atom. The predicted molar refractivity (Wildman–Crippen MR) is 278 cm³/mol. The van der Waals surface area contributed by atoms with Crippen LogP contribution < -0.4 is 26.0 Å². The first-order valence-corrected chi connectivity index (χ1v) is 25.9. The SMILES string of the molecule is Cc1ncsc1-c1ccc([C@H](C)NC(=O)[C@@H]2C[C@@H](O)CN2C(=O)[C@@H](NC(=O)CCCCCC(=O)N2CCN(Cc3cccc(OC4CN(c5cc(-c6ccccc6O)nnc5N)C4)c3)CC2)C(C)(C)C)cc1. The number of aromatic nitrogens is 3. The number of anilines is 2. The van der Waals surface area contributed by atoms with E-state index in [1.54, 1.807) is 29.5 Å². The topological polar surface area (TPSA) is 220 Å². The molecule has 5 aromatic rings. The summed E-state index contributed by atoms with van der Waals surface area (Å²) in [7, 11) is 0. The molecule has 5 heterocycles. The van der Waals surface area contributed by atoms with Crippen LogP contribution in [0.2, 0.25) is 0 Å². The summed E-state index contributed by atoms with van der Waals surface area (Å²) in [5.41, 5.74) is 13.3. The summed E-state index contributed by atoms with van der Waals surface area (Å²) < 4.78 is 6.34. The van der Waals surface area contributed by atoms with Gasteiger partial charge in [0, 0.05) is 64.1 Å². The summed E-state index contributed by atoms with van der Waals surface area (Å²) in [5.74, 6) is 0.338.